The molecule has 0 radical (unpaired) electrons. The van der Waals surface area contributed by atoms with Crippen LogP contribution in [0.3, 0.4) is 0 Å². The fourth-order valence-corrected chi connectivity index (χ4v) is 3.80. The molecule has 0 aliphatic carbocycles. The fraction of sp³-hybridized carbons (Fsp3) is 0.125. The van der Waals surface area contributed by atoms with Crippen molar-refractivity contribution in [3.63, 3.8) is 0 Å². The molecule has 33 heavy (non-hydrogen) atoms. The SMILES string of the molecule is CCC(=O)Nc1cncc(-c2cnc3n[nH]c(-c4cc5c(C(=O)NC)cccc5[nH]4)c3c2)c1. The maximum Gasteiger partial charge on any atom is 0.251 e. The Labute approximate surface area is 188 Å². The molecule has 0 fully saturated rings. The van der Waals surface area contributed by atoms with Crippen molar-refractivity contribution < 1.29 is 9.59 Å². The molecule has 0 aliphatic rings. The number of carbonyl (C=O) groups excluding carboxylic acids is 2. The minimum absolute atomic E-state index is 0.0745. The van der Waals surface area contributed by atoms with Crippen molar-refractivity contribution >= 4 is 39.4 Å². The molecule has 0 spiro atoms. The van der Waals surface area contributed by atoms with E-state index in [1.807, 2.05) is 30.3 Å². The number of H-pyrrole nitrogens is 2. The standard InChI is InChI=1S/C24H21N7O2/c1-3-21(32)28-15-7-13(10-26-12-15)14-8-18-22(30-31-23(18)27-11-14)20-9-17-16(24(33)25-2)5-4-6-19(17)29-20/h4-12,29H,3H2,1-2H3,(H,25,33)(H,28,32)(H,27,30,31). The van der Waals surface area contributed by atoms with Gasteiger partial charge in [-0.3, -0.25) is 19.7 Å². The van der Waals surface area contributed by atoms with Crippen LogP contribution in [0.2, 0.25) is 0 Å². The summed E-state index contributed by atoms with van der Waals surface area (Å²) in [4.78, 5) is 36.1. The highest BCUT2D eigenvalue weighted by Gasteiger charge is 2.16. The number of benzene rings is 1. The molecule has 0 atom stereocenters. The van der Waals surface area contributed by atoms with Gasteiger partial charge in [0.25, 0.3) is 5.91 Å². The Kier molecular flexibility index (Phi) is 5.06. The van der Waals surface area contributed by atoms with Gasteiger partial charge < -0.3 is 15.6 Å². The van der Waals surface area contributed by atoms with Gasteiger partial charge in [0.05, 0.1) is 23.3 Å². The molecule has 164 valence electrons. The first kappa shape index (κ1) is 20.4. The Morgan fingerprint density at radius 1 is 1.03 bits per heavy atom. The molecule has 4 N–H and O–H groups in total. The molecule has 2 amide bonds. The average Bonchev–Trinajstić information content (AvgIpc) is 3.47. The van der Waals surface area contributed by atoms with Gasteiger partial charge >= 0.3 is 0 Å². The van der Waals surface area contributed by atoms with Crippen LogP contribution in [-0.4, -0.2) is 44.0 Å². The zero-order valence-electron chi connectivity index (χ0n) is 18.1. The predicted molar refractivity (Wildman–Crippen MR) is 127 cm³/mol. The monoisotopic (exact) mass is 439 g/mol. The maximum absolute atomic E-state index is 12.3. The average molecular weight is 439 g/mol. The van der Waals surface area contributed by atoms with E-state index in [2.05, 4.69) is 35.8 Å². The van der Waals surface area contributed by atoms with Gasteiger partial charge in [-0.15, -0.1) is 0 Å². The summed E-state index contributed by atoms with van der Waals surface area (Å²) in [5, 5.41) is 14.5. The molecule has 0 saturated heterocycles. The van der Waals surface area contributed by atoms with Gasteiger partial charge in [-0.05, 0) is 30.3 Å². The second-order valence-corrected chi connectivity index (χ2v) is 7.59. The molecule has 0 bridgehead atoms. The van der Waals surface area contributed by atoms with Crippen LogP contribution in [0.15, 0.2) is 55.0 Å². The normalized spacial score (nSPS) is 11.1. The lowest BCUT2D eigenvalue weighted by Crippen LogP contribution is -2.17. The van der Waals surface area contributed by atoms with Gasteiger partial charge in [-0.1, -0.05) is 13.0 Å². The maximum atomic E-state index is 12.3. The van der Waals surface area contributed by atoms with E-state index in [1.54, 1.807) is 38.6 Å². The third-order valence-corrected chi connectivity index (χ3v) is 5.49. The van der Waals surface area contributed by atoms with Gasteiger partial charge in [0.15, 0.2) is 5.65 Å². The van der Waals surface area contributed by atoms with E-state index in [0.717, 1.165) is 38.8 Å². The highest BCUT2D eigenvalue weighted by molar-refractivity contribution is 6.08. The molecule has 0 unspecified atom stereocenters. The third kappa shape index (κ3) is 3.69. The number of pyridine rings is 2. The summed E-state index contributed by atoms with van der Waals surface area (Å²) in [6, 6.07) is 11.3. The first-order valence-corrected chi connectivity index (χ1v) is 10.5. The first-order valence-electron chi connectivity index (χ1n) is 10.5. The second kappa shape index (κ2) is 8.19. The van der Waals surface area contributed by atoms with Crippen molar-refractivity contribution in [3.8, 4) is 22.5 Å². The number of rotatable bonds is 5. The van der Waals surface area contributed by atoms with E-state index >= 15 is 0 Å². The molecular weight excluding hydrogens is 418 g/mol. The Hall–Kier alpha value is -4.53. The van der Waals surface area contributed by atoms with Crippen molar-refractivity contribution in [1.29, 1.82) is 0 Å². The van der Waals surface area contributed by atoms with Crippen LogP contribution in [-0.2, 0) is 4.79 Å². The van der Waals surface area contributed by atoms with Gasteiger partial charge in [-0.2, -0.15) is 5.10 Å². The number of amides is 2. The van der Waals surface area contributed by atoms with Crippen LogP contribution in [0, 0.1) is 0 Å². The number of hydrogen-bond donors (Lipinski definition) is 4. The van der Waals surface area contributed by atoms with Crippen molar-refractivity contribution in [2.75, 3.05) is 12.4 Å². The minimum atomic E-state index is -0.146. The molecule has 0 saturated carbocycles. The summed E-state index contributed by atoms with van der Waals surface area (Å²) in [5.41, 5.74) is 5.87. The smallest absolute Gasteiger partial charge is 0.251 e. The number of aromatic amines is 2. The van der Waals surface area contributed by atoms with Crippen molar-refractivity contribution in [2.24, 2.45) is 0 Å². The van der Waals surface area contributed by atoms with Crippen molar-refractivity contribution in [3.05, 3.63) is 60.6 Å². The van der Waals surface area contributed by atoms with E-state index in [0.29, 0.717) is 23.3 Å². The molecule has 5 rings (SSSR count). The number of anilines is 1. The lowest BCUT2D eigenvalue weighted by Gasteiger charge is -2.06. The van der Waals surface area contributed by atoms with E-state index in [4.69, 9.17) is 0 Å². The number of carbonyl (C=O) groups is 2. The molecule has 4 heterocycles. The summed E-state index contributed by atoms with van der Waals surface area (Å²) in [6.07, 6.45) is 5.45. The van der Waals surface area contributed by atoms with Crippen LogP contribution in [0.1, 0.15) is 23.7 Å². The van der Waals surface area contributed by atoms with Crippen LogP contribution >= 0.6 is 0 Å². The minimum Gasteiger partial charge on any atom is -0.355 e. The van der Waals surface area contributed by atoms with Crippen LogP contribution in [0.4, 0.5) is 5.69 Å². The fourth-order valence-electron chi connectivity index (χ4n) is 3.80. The van der Waals surface area contributed by atoms with Crippen molar-refractivity contribution in [1.82, 2.24) is 30.5 Å². The van der Waals surface area contributed by atoms with E-state index in [-0.39, 0.29) is 11.8 Å². The molecule has 9 heteroatoms. The number of nitrogens with one attached hydrogen (secondary N) is 4. The summed E-state index contributed by atoms with van der Waals surface area (Å²) < 4.78 is 0. The number of hydrogen-bond acceptors (Lipinski definition) is 5. The van der Waals surface area contributed by atoms with Crippen LogP contribution in [0.25, 0.3) is 44.5 Å². The molecule has 4 aromatic heterocycles. The highest BCUT2D eigenvalue weighted by atomic mass is 16.2. The van der Waals surface area contributed by atoms with Gasteiger partial charge in [0, 0.05) is 58.8 Å². The first-order chi connectivity index (χ1) is 16.1. The number of aromatic nitrogens is 5. The Morgan fingerprint density at radius 2 is 1.88 bits per heavy atom. The van der Waals surface area contributed by atoms with Gasteiger partial charge in [-0.25, -0.2) is 4.98 Å². The summed E-state index contributed by atoms with van der Waals surface area (Å²) in [6.45, 7) is 1.80. The Bertz CT molecular complexity index is 1520. The second-order valence-electron chi connectivity index (χ2n) is 7.59. The topological polar surface area (TPSA) is 128 Å². The van der Waals surface area contributed by atoms with Crippen LogP contribution in [0.5, 0.6) is 0 Å². The number of fused-ring (bicyclic) bond motifs is 2. The largest absolute Gasteiger partial charge is 0.355 e. The third-order valence-electron chi connectivity index (χ3n) is 5.49. The highest BCUT2D eigenvalue weighted by Crippen LogP contribution is 2.32. The van der Waals surface area contributed by atoms with Crippen molar-refractivity contribution in [2.45, 2.75) is 13.3 Å². The Morgan fingerprint density at radius 3 is 2.70 bits per heavy atom. The molecule has 9 nitrogen and oxygen atoms in total. The summed E-state index contributed by atoms with van der Waals surface area (Å²) in [7, 11) is 1.61. The van der Waals surface area contributed by atoms with E-state index in [1.165, 1.54) is 0 Å². The predicted octanol–water partition coefficient (Wildman–Crippen LogP) is 3.88. The zero-order chi connectivity index (χ0) is 22.9. The van der Waals surface area contributed by atoms with E-state index < -0.39 is 0 Å². The molecule has 1 aromatic carbocycles. The molecule has 5 aromatic rings. The summed E-state index contributed by atoms with van der Waals surface area (Å²) in [5.74, 6) is -0.221. The molecular formula is C24H21N7O2. The quantitative estimate of drug-likeness (QED) is 0.330. The molecule has 0 aliphatic heterocycles. The van der Waals surface area contributed by atoms with Crippen LogP contribution < -0.4 is 10.6 Å². The summed E-state index contributed by atoms with van der Waals surface area (Å²) >= 11 is 0. The lowest BCUT2D eigenvalue weighted by molar-refractivity contribution is -0.115. The lowest BCUT2D eigenvalue weighted by atomic mass is 10.1. The zero-order valence-corrected chi connectivity index (χ0v) is 18.1. The van der Waals surface area contributed by atoms with Gasteiger partial charge in [0.1, 0.15) is 0 Å². The van der Waals surface area contributed by atoms with Gasteiger partial charge in [0.2, 0.25) is 5.91 Å². The number of nitrogens with zero attached hydrogens (tertiary/aromatic N) is 3. The van der Waals surface area contributed by atoms with E-state index in [9.17, 15) is 9.59 Å². The Balaban J connectivity index is 1.58.